The molecule has 0 bridgehead atoms. The van der Waals surface area contributed by atoms with E-state index in [1.54, 1.807) is 11.8 Å². The first-order valence-electron chi connectivity index (χ1n) is 10.0. The predicted octanol–water partition coefficient (Wildman–Crippen LogP) is 3.09. The Hall–Kier alpha value is -0.910. The van der Waals surface area contributed by atoms with E-state index in [9.17, 15) is 14.7 Å². The molecule has 0 N–H and O–H groups in total. The maximum atomic E-state index is 13.7. The van der Waals surface area contributed by atoms with Crippen LogP contribution in [-0.4, -0.2) is 63.8 Å². The second-order valence-electron chi connectivity index (χ2n) is 8.32. The van der Waals surface area contributed by atoms with Gasteiger partial charge in [-0.15, -0.1) is 0 Å². The summed E-state index contributed by atoms with van der Waals surface area (Å²) >= 11 is 1.78. The Kier molecular flexibility index (Phi) is 5.40. The van der Waals surface area contributed by atoms with Crippen molar-refractivity contribution in [2.45, 2.75) is 69.2 Å². The number of ether oxygens (including phenoxy) is 1. The Balaban J connectivity index is 1.53. The van der Waals surface area contributed by atoms with Crippen molar-refractivity contribution in [1.29, 1.82) is 0 Å². The van der Waals surface area contributed by atoms with E-state index in [1.165, 1.54) is 6.42 Å². The van der Waals surface area contributed by atoms with Crippen molar-refractivity contribution in [3.05, 3.63) is 5.53 Å². The van der Waals surface area contributed by atoms with E-state index in [2.05, 4.69) is 9.69 Å². The molecule has 144 valence electrons. The SMILES string of the molecule is [N-]=[N+]=C(C(=O)O[C@]1(C2CCC(F)CC2)CN2CCCC[C@@H]21)C1CCSC1. The highest BCUT2D eigenvalue weighted by Gasteiger charge is 2.61. The van der Waals surface area contributed by atoms with Gasteiger partial charge in [-0.1, -0.05) is 6.42 Å². The molecule has 3 aliphatic heterocycles. The highest BCUT2D eigenvalue weighted by molar-refractivity contribution is 7.99. The molecule has 4 rings (SSSR count). The number of hydrogen-bond acceptors (Lipinski definition) is 4. The van der Waals surface area contributed by atoms with Gasteiger partial charge in [-0.25, -0.2) is 9.18 Å². The van der Waals surface area contributed by atoms with Crippen LogP contribution in [-0.2, 0) is 9.53 Å². The molecule has 7 heteroatoms. The van der Waals surface area contributed by atoms with Crippen LogP contribution in [0.25, 0.3) is 5.53 Å². The zero-order valence-electron chi connectivity index (χ0n) is 15.2. The van der Waals surface area contributed by atoms with Crippen LogP contribution < -0.4 is 0 Å². The molecule has 0 aromatic carbocycles. The molecule has 1 unspecified atom stereocenters. The van der Waals surface area contributed by atoms with Gasteiger partial charge in [0.1, 0.15) is 11.8 Å². The number of piperidine rings is 1. The number of alkyl halides is 1. The number of hydrogen-bond donors (Lipinski definition) is 0. The van der Waals surface area contributed by atoms with E-state index in [-0.39, 0.29) is 23.6 Å². The van der Waals surface area contributed by atoms with Gasteiger partial charge in [0.2, 0.25) is 0 Å². The van der Waals surface area contributed by atoms with Crippen molar-refractivity contribution < 1.29 is 18.7 Å². The van der Waals surface area contributed by atoms with E-state index in [1.807, 2.05) is 0 Å². The van der Waals surface area contributed by atoms with Crippen molar-refractivity contribution in [3.8, 4) is 0 Å². The normalized spacial score (nSPS) is 40.2. The van der Waals surface area contributed by atoms with Crippen LogP contribution in [0.4, 0.5) is 4.39 Å². The molecular formula is C19H28FN3O2S. The molecule has 1 saturated carbocycles. The molecule has 0 spiro atoms. The molecule has 5 nitrogen and oxygen atoms in total. The van der Waals surface area contributed by atoms with Crippen LogP contribution in [0.1, 0.15) is 51.4 Å². The lowest BCUT2D eigenvalue weighted by Gasteiger charge is -2.61. The largest absolute Gasteiger partial charge is 0.447 e. The Labute approximate surface area is 158 Å². The summed E-state index contributed by atoms with van der Waals surface area (Å²) in [6, 6.07) is 0.249. The molecule has 0 aromatic rings. The zero-order chi connectivity index (χ0) is 18.1. The number of carbonyl (C=O) groups excluding carboxylic acids is 1. The minimum atomic E-state index is -0.716. The summed E-state index contributed by atoms with van der Waals surface area (Å²) in [5.41, 5.74) is 9.11. The number of esters is 1. The molecule has 0 amide bonds. The lowest BCUT2D eigenvalue weighted by Crippen LogP contribution is -2.75. The summed E-state index contributed by atoms with van der Waals surface area (Å²) in [5, 5.41) is 0. The maximum absolute atomic E-state index is 13.7. The van der Waals surface area contributed by atoms with Crippen LogP contribution >= 0.6 is 11.8 Å². The third-order valence-electron chi connectivity index (χ3n) is 6.89. The highest BCUT2D eigenvalue weighted by atomic mass is 32.2. The molecule has 3 saturated heterocycles. The van der Waals surface area contributed by atoms with Gasteiger partial charge in [0.05, 0.1) is 12.0 Å². The number of nitrogens with zero attached hydrogens (tertiary/aromatic N) is 3. The van der Waals surface area contributed by atoms with E-state index in [0.717, 1.165) is 56.7 Å². The molecule has 4 aliphatic rings. The van der Waals surface area contributed by atoms with Crippen LogP contribution in [0.3, 0.4) is 0 Å². The fourth-order valence-corrected chi connectivity index (χ4v) is 6.66. The van der Waals surface area contributed by atoms with Gasteiger partial charge in [-0.05, 0) is 57.2 Å². The fraction of sp³-hybridized carbons (Fsp3) is 0.895. The van der Waals surface area contributed by atoms with Gasteiger partial charge in [0, 0.05) is 18.2 Å². The van der Waals surface area contributed by atoms with Crippen molar-refractivity contribution in [3.63, 3.8) is 0 Å². The molecule has 0 aromatic heterocycles. The van der Waals surface area contributed by atoms with Crippen molar-refractivity contribution in [2.24, 2.45) is 11.8 Å². The zero-order valence-corrected chi connectivity index (χ0v) is 16.1. The van der Waals surface area contributed by atoms with E-state index in [4.69, 9.17) is 4.74 Å². The topological polar surface area (TPSA) is 65.9 Å². The monoisotopic (exact) mass is 381 g/mol. The smallest absolute Gasteiger partial charge is 0.417 e. The van der Waals surface area contributed by atoms with E-state index >= 15 is 0 Å². The number of halogens is 1. The van der Waals surface area contributed by atoms with Gasteiger partial charge in [-0.3, -0.25) is 4.90 Å². The third kappa shape index (κ3) is 3.23. The summed E-state index contributed by atoms with van der Waals surface area (Å²) in [6.45, 7) is 1.81. The van der Waals surface area contributed by atoms with Crippen LogP contribution in [0.5, 0.6) is 0 Å². The molecule has 1 aliphatic carbocycles. The number of thioether (sulfide) groups is 1. The molecule has 4 fully saturated rings. The van der Waals surface area contributed by atoms with Crippen molar-refractivity contribution in [1.82, 2.24) is 4.90 Å². The first-order valence-corrected chi connectivity index (χ1v) is 11.2. The molecule has 3 atom stereocenters. The minimum Gasteiger partial charge on any atom is -0.447 e. The highest BCUT2D eigenvalue weighted by Crippen LogP contribution is 2.49. The summed E-state index contributed by atoms with van der Waals surface area (Å²) in [5.74, 6) is 1.55. The quantitative estimate of drug-likeness (QED) is 0.325. The number of fused-ring (bicyclic) bond motifs is 1. The van der Waals surface area contributed by atoms with E-state index in [0.29, 0.717) is 12.8 Å². The Bertz CT molecular complexity index is 598. The van der Waals surface area contributed by atoms with Crippen molar-refractivity contribution >= 4 is 23.4 Å². The Morgan fingerprint density at radius 2 is 2.00 bits per heavy atom. The first-order chi connectivity index (χ1) is 12.6. The Morgan fingerprint density at radius 1 is 1.19 bits per heavy atom. The average molecular weight is 382 g/mol. The molecule has 0 radical (unpaired) electrons. The van der Waals surface area contributed by atoms with Crippen LogP contribution in [0.2, 0.25) is 0 Å². The first kappa shape index (κ1) is 18.5. The van der Waals surface area contributed by atoms with Crippen LogP contribution in [0.15, 0.2) is 0 Å². The average Bonchev–Trinajstić information content (AvgIpc) is 3.15. The van der Waals surface area contributed by atoms with Gasteiger partial charge in [0.15, 0.2) is 0 Å². The minimum absolute atomic E-state index is 0.0151. The standard InChI is InChI=1S/C19H28FN3O2S/c20-15-6-4-14(5-7-15)19(12-23-9-2-1-3-16(19)23)25-18(24)17(22-21)13-8-10-26-11-13/h13-16H,1-12H2/t13?,14?,15?,16-,19+/m1/s1. The summed E-state index contributed by atoms with van der Waals surface area (Å²) < 4.78 is 19.9. The lowest BCUT2D eigenvalue weighted by molar-refractivity contribution is -0.226. The second-order valence-corrected chi connectivity index (χ2v) is 9.47. The van der Waals surface area contributed by atoms with Crippen LogP contribution in [0, 0.1) is 11.8 Å². The third-order valence-corrected chi connectivity index (χ3v) is 8.05. The predicted molar refractivity (Wildman–Crippen MR) is 98.9 cm³/mol. The van der Waals surface area contributed by atoms with Gasteiger partial charge in [0.25, 0.3) is 0 Å². The van der Waals surface area contributed by atoms with Crippen molar-refractivity contribution in [2.75, 3.05) is 24.6 Å². The molecule has 3 heterocycles. The summed E-state index contributed by atoms with van der Waals surface area (Å²) in [7, 11) is 0. The van der Waals surface area contributed by atoms with Gasteiger partial charge >= 0.3 is 11.7 Å². The summed E-state index contributed by atoms with van der Waals surface area (Å²) in [4.78, 5) is 18.7. The molecular weight excluding hydrogens is 353 g/mol. The summed E-state index contributed by atoms with van der Waals surface area (Å²) in [6.07, 6.45) is 6.22. The molecule has 26 heavy (non-hydrogen) atoms. The maximum Gasteiger partial charge on any atom is 0.417 e. The number of carbonyl (C=O) groups is 1. The van der Waals surface area contributed by atoms with Gasteiger partial charge < -0.3 is 10.3 Å². The number of rotatable bonds is 4. The van der Waals surface area contributed by atoms with Gasteiger partial charge in [-0.2, -0.15) is 16.6 Å². The second kappa shape index (κ2) is 7.61. The van der Waals surface area contributed by atoms with E-state index < -0.39 is 17.7 Å². The Morgan fingerprint density at radius 3 is 2.65 bits per heavy atom. The fourth-order valence-electron chi connectivity index (χ4n) is 5.43. The lowest BCUT2D eigenvalue weighted by atomic mass is 9.65.